The lowest BCUT2D eigenvalue weighted by Crippen LogP contribution is -2.29. The van der Waals surface area contributed by atoms with E-state index in [-0.39, 0.29) is 0 Å². The molecule has 27 heavy (non-hydrogen) atoms. The molecule has 1 aromatic carbocycles. The van der Waals surface area contributed by atoms with Gasteiger partial charge in [-0.15, -0.1) is 0 Å². The van der Waals surface area contributed by atoms with Crippen molar-refractivity contribution in [3.63, 3.8) is 0 Å². The number of nitrogens with zero attached hydrogens (tertiary/aromatic N) is 4. The van der Waals surface area contributed by atoms with Gasteiger partial charge in [-0.3, -0.25) is 0 Å². The summed E-state index contributed by atoms with van der Waals surface area (Å²) in [6.45, 7) is 15.3. The molecule has 0 amide bonds. The van der Waals surface area contributed by atoms with Crippen LogP contribution in [0.25, 0.3) is 5.65 Å². The minimum absolute atomic E-state index is 0.866. The topological polar surface area (TPSA) is 33.4 Å². The molecule has 0 aliphatic carbocycles. The van der Waals surface area contributed by atoms with Crippen molar-refractivity contribution in [2.24, 2.45) is 0 Å². The van der Waals surface area contributed by atoms with Crippen LogP contribution in [-0.2, 0) is 6.42 Å². The van der Waals surface area contributed by atoms with Crippen LogP contribution in [0.4, 0.5) is 5.82 Å². The fraction of sp³-hybridized carbons (Fsp3) is 0.478. The molecule has 0 N–H and O–H groups in total. The first-order chi connectivity index (χ1) is 13.0. The summed E-state index contributed by atoms with van der Waals surface area (Å²) in [7, 11) is 0. The molecule has 0 aliphatic heterocycles. The molecule has 0 fully saturated rings. The van der Waals surface area contributed by atoms with Gasteiger partial charge in [-0.1, -0.05) is 31.5 Å². The zero-order valence-electron chi connectivity index (χ0n) is 17.6. The summed E-state index contributed by atoms with van der Waals surface area (Å²) >= 11 is 0. The average Bonchev–Trinajstić information content (AvgIpc) is 3.06. The third kappa shape index (κ3) is 3.85. The van der Waals surface area contributed by atoms with E-state index < -0.39 is 0 Å². The second kappa shape index (κ2) is 8.12. The van der Waals surface area contributed by atoms with E-state index in [2.05, 4.69) is 63.7 Å². The third-order valence-corrected chi connectivity index (χ3v) is 5.31. The van der Waals surface area contributed by atoms with Gasteiger partial charge in [0.15, 0.2) is 5.65 Å². The Balaban J connectivity index is 2.13. The minimum Gasteiger partial charge on any atom is -0.356 e. The van der Waals surface area contributed by atoms with Gasteiger partial charge in [-0.25, -0.2) is 4.98 Å². The second-order valence-electron chi connectivity index (χ2n) is 7.65. The van der Waals surface area contributed by atoms with E-state index in [9.17, 15) is 0 Å². The van der Waals surface area contributed by atoms with Gasteiger partial charge in [0.1, 0.15) is 5.82 Å². The molecular weight excluding hydrogens is 332 g/mol. The second-order valence-corrected chi connectivity index (χ2v) is 7.65. The number of anilines is 1. The summed E-state index contributed by atoms with van der Waals surface area (Å²) in [4.78, 5) is 7.44. The van der Waals surface area contributed by atoms with Crippen LogP contribution >= 0.6 is 0 Å². The number of aryl methyl sites for hydroxylation is 3. The van der Waals surface area contributed by atoms with Crippen LogP contribution in [0, 0.1) is 27.7 Å². The molecule has 0 bridgehead atoms. The number of hydrogen-bond donors (Lipinski definition) is 0. The fourth-order valence-corrected chi connectivity index (χ4v) is 4.12. The van der Waals surface area contributed by atoms with E-state index in [4.69, 9.17) is 4.98 Å². The molecule has 0 unspecified atom stereocenters. The highest BCUT2D eigenvalue weighted by molar-refractivity contribution is 5.57. The molecular formula is C23H32N4. The summed E-state index contributed by atoms with van der Waals surface area (Å²) in [5, 5.41) is 4.57. The van der Waals surface area contributed by atoms with Crippen molar-refractivity contribution in [2.75, 3.05) is 18.0 Å². The minimum atomic E-state index is 0.866. The Bertz CT molecular complexity index is 910. The van der Waals surface area contributed by atoms with Gasteiger partial charge in [0.05, 0.1) is 11.9 Å². The van der Waals surface area contributed by atoms with Gasteiger partial charge in [-0.05, 0) is 57.2 Å². The molecule has 0 spiro atoms. The van der Waals surface area contributed by atoms with Gasteiger partial charge in [0.25, 0.3) is 0 Å². The van der Waals surface area contributed by atoms with Crippen molar-refractivity contribution in [1.82, 2.24) is 14.6 Å². The summed E-state index contributed by atoms with van der Waals surface area (Å²) in [6, 6.07) is 6.56. The molecule has 3 rings (SSSR count). The van der Waals surface area contributed by atoms with Gasteiger partial charge >= 0.3 is 0 Å². The Morgan fingerprint density at radius 1 is 0.963 bits per heavy atom. The van der Waals surface area contributed by atoms with Crippen LogP contribution in [-0.4, -0.2) is 27.7 Å². The Morgan fingerprint density at radius 2 is 1.59 bits per heavy atom. The molecule has 144 valence electrons. The predicted molar refractivity (Wildman–Crippen MR) is 114 cm³/mol. The molecule has 0 aliphatic rings. The van der Waals surface area contributed by atoms with Crippen molar-refractivity contribution in [3.05, 3.63) is 57.9 Å². The lowest BCUT2D eigenvalue weighted by Gasteiger charge is -2.27. The fourth-order valence-electron chi connectivity index (χ4n) is 4.12. The number of rotatable bonds is 7. The van der Waals surface area contributed by atoms with E-state index in [1.54, 1.807) is 0 Å². The number of hydrogen-bond acceptors (Lipinski definition) is 3. The lowest BCUT2D eigenvalue weighted by atomic mass is 9.95. The van der Waals surface area contributed by atoms with E-state index in [1.807, 2.05) is 16.8 Å². The molecule has 0 saturated heterocycles. The van der Waals surface area contributed by atoms with E-state index in [1.165, 1.54) is 33.6 Å². The smallest absolute Gasteiger partial charge is 0.157 e. The molecule has 4 heteroatoms. The van der Waals surface area contributed by atoms with Crippen LogP contribution < -0.4 is 4.90 Å². The quantitative estimate of drug-likeness (QED) is 0.579. The van der Waals surface area contributed by atoms with Crippen molar-refractivity contribution < 1.29 is 0 Å². The van der Waals surface area contributed by atoms with Crippen molar-refractivity contribution in [2.45, 2.75) is 60.8 Å². The van der Waals surface area contributed by atoms with E-state index >= 15 is 0 Å². The van der Waals surface area contributed by atoms with Gasteiger partial charge < -0.3 is 4.90 Å². The molecule has 0 saturated carbocycles. The molecule has 3 aromatic rings. The summed E-state index contributed by atoms with van der Waals surface area (Å²) in [5.41, 5.74) is 8.75. The first-order valence-corrected chi connectivity index (χ1v) is 10.1. The SMILES string of the molecule is CCCN(CCC)c1c(C)c(Cc2c(C)cc(C)cc2C)nc2ccnn12. The lowest BCUT2D eigenvalue weighted by molar-refractivity contribution is 0.709. The molecule has 0 radical (unpaired) electrons. The van der Waals surface area contributed by atoms with Crippen LogP contribution in [0.3, 0.4) is 0 Å². The standard InChI is InChI=1S/C23H32N4/c1-7-11-26(12-8-2)23-19(6)21(25-22-9-10-24-27(22)23)15-20-17(4)13-16(3)14-18(20)5/h9-10,13-14H,7-8,11-12,15H2,1-6H3. The van der Waals surface area contributed by atoms with Gasteiger partial charge in [0, 0.05) is 31.1 Å². The monoisotopic (exact) mass is 364 g/mol. The maximum absolute atomic E-state index is 4.97. The Morgan fingerprint density at radius 3 is 2.19 bits per heavy atom. The number of aromatic nitrogens is 3. The van der Waals surface area contributed by atoms with Crippen LogP contribution in [0.2, 0.25) is 0 Å². The Kier molecular flexibility index (Phi) is 5.83. The highest BCUT2D eigenvalue weighted by atomic mass is 15.3. The predicted octanol–water partition coefficient (Wildman–Crippen LogP) is 5.18. The summed E-state index contributed by atoms with van der Waals surface area (Å²) < 4.78 is 2.01. The van der Waals surface area contributed by atoms with Crippen molar-refractivity contribution in [3.8, 4) is 0 Å². The van der Waals surface area contributed by atoms with E-state index in [0.29, 0.717) is 0 Å². The Labute approximate surface area is 163 Å². The van der Waals surface area contributed by atoms with E-state index in [0.717, 1.165) is 43.7 Å². The van der Waals surface area contributed by atoms with Crippen LogP contribution in [0.15, 0.2) is 24.4 Å². The maximum Gasteiger partial charge on any atom is 0.157 e. The molecule has 4 nitrogen and oxygen atoms in total. The zero-order valence-corrected chi connectivity index (χ0v) is 17.6. The number of benzene rings is 1. The third-order valence-electron chi connectivity index (χ3n) is 5.31. The summed E-state index contributed by atoms with van der Waals surface area (Å²) in [6.07, 6.45) is 4.96. The number of fused-ring (bicyclic) bond motifs is 1. The average molecular weight is 365 g/mol. The zero-order chi connectivity index (χ0) is 19.6. The highest BCUT2D eigenvalue weighted by Crippen LogP contribution is 2.27. The Hall–Kier alpha value is -2.36. The van der Waals surface area contributed by atoms with Gasteiger partial charge in [0.2, 0.25) is 0 Å². The van der Waals surface area contributed by atoms with Crippen LogP contribution in [0.5, 0.6) is 0 Å². The highest BCUT2D eigenvalue weighted by Gasteiger charge is 2.19. The largest absolute Gasteiger partial charge is 0.356 e. The van der Waals surface area contributed by atoms with Gasteiger partial charge in [-0.2, -0.15) is 9.61 Å². The first kappa shape index (κ1) is 19.4. The normalized spacial score (nSPS) is 11.3. The molecule has 2 aromatic heterocycles. The maximum atomic E-state index is 4.97. The molecule has 2 heterocycles. The molecule has 0 atom stereocenters. The summed E-state index contributed by atoms with van der Waals surface area (Å²) in [5.74, 6) is 1.20. The van der Waals surface area contributed by atoms with Crippen LogP contribution in [0.1, 0.15) is 60.2 Å². The van der Waals surface area contributed by atoms with Crippen molar-refractivity contribution in [1.29, 1.82) is 0 Å². The van der Waals surface area contributed by atoms with Crippen molar-refractivity contribution >= 4 is 11.5 Å². The first-order valence-electron chi connectivity index (χ1n) is 10.1.